The van der Waals surface area contributed by atoms with Crippen molar-refractivity contribution in [1.82, 2.24) is 9.13 Å². The second kappa shape index (κ2) is 10.4. The minimum atomic E-state index is 1.17. The normalized spacial score (nSPS) is 12.0. The number of rotatable bonds is 3. The van der Waals surface area contributed by atoms with Crippen LogP contribution in [0.1, 0.15) is 0 Å². The molecular weight excluding hydrogens is 605 g/mol. The molecule has 0 saturated carbocycles. The highest BCUT2D eigenvalue weighted by molar-refractivity contribution is 6.21. The summed E-state index contributed by atoms with van der Waals surface area (Å²) in [6.07, 6.45) is 0. The van der Waals surface area contributed by atoms with Crippen LogP contribution in [0.15, 0.2) is 182 Å². The Balaban J connectivity index is 1.17. The Hall–Kier alpha value is -6.64. The zero-order chi connectivity index (χ0) is 32.8. The molecule has 2 aromatic heterocycles. The van der Waals surface area contributed by atoms with Crippen molar-refractivity contribution in [1.29, 1.82) is 0 Å². The Morgan fingerprint density at radius 2 is 0.800 bits per heavy atom. The molecular formula is C48H30N2. The summed E-state index contributed by atoms with van der Waals surface area (Å²) in [5.74, 6) is 0. The summed E-state index contributed by atoms with van der Waals surface area (Å²) in [6.45, 7) is 0. The summed E-state index contributed by atoms with van der Waals surface area (Å²) in [4.78, 5) is 0. The third kappa shape index (κ3) is 3.85. The van der Waals surface area contributed by atoms with E-state index in [1.54, 1.807) is 0 Å². The molecule has 2 nitrogen and oxygen atoms in total. The third-order valence-corrected chi connectivity index (χ3v) is 10.7. The number of para-hydroxylation sites is 3. The number of aromatic nitrogens is 2. The van der Waals surface area contributed by atoms with Crippen LogP contribution in [0.3, 0.4) is 0 Å². The summed E-state index contributed by atoms with van der Waals surface area (Å²) in [5.41, 5.74) is 9.65. The van der Waals surface area contributed by atoms with Crippen LogP contribution in [0.25, 0.3) is 98.4 Å². The zero-order valence-corrected chi connectivity index (χ0v) is 27.2. The summed E-state index contributed by atoms with van der Waals surface area (Å²) in [7, 11) is 0. The van der Waals surface area contributed by atoms with Crippen LogP contribution in [0.5, 0.6) is 0 Å². The lowest BCUT2D eigenvalue weighted by molar-refractivity contribution is 1.18. The first kappa shape index (κ1) is 27.3. The summed E-state index contributed by atoms with van der Waals surface area (Å²) in [6, 6.07) is 66.8. The van der Waals surface area contributed by atoms with E-state index in [1.807, 2.05) is 0 Å². The first-order valence-electron chi connectivity index (χ1n) is 17.3. The van der Waals surface area contributed by atoms with Crippen LogP contribution in [0, 0.1) is 0 Å². The van der Waals surface area contributed by atoms with Gasteiger partial charge in [-0.2, -0.15) is 0 Å². The van der Waals surface area contributed by atoms with E-state index < -0.39 is 0 Å². The largest absolute Gasteiger partial charge is 0.309 e. The molecule has 9 aromatic carbocycles. The molecule has 0 fully saturated rings. The molecule has 2 heterocycles. The molecule has 0 aliphatic rings. The lowest BCUT2D eigenvalue weighted by Crippen LogP contribution is -1.96. The Morgan fingerprint density at radius 1 is 0.260 bits per heavy atom. The average Bonchev–Trinajstić information content (AvgIpc) is 3.70. The lowest BCUT2D eigenvalue weighted by Gasteiger charge is -2.15. The van der Waals surface area contributed by atoms with Gasteiger partial charge in [0.1, 0.15) is 0 Å². The molecule has 11 aromatic rings. The smallest absolute Gasteiger partial charge is 0.0547 e. The van der Waals surface area contributed by atoms with E-state index in [1.165, 1.54) is 98.4 Å². The van der Waals surface area contributed by atoms with Gasteiger partial charge in [0.05, 0.1) is 27.8 Å². The quantitative estimate of drug-likeness (QED) is 0.171. The molecule has 0 amide bonds. The van der Waals surface area contributed by atoms with Gasteiger partial charge in [0.25, 0.3) is 0 Å². The highest BCUT2D eigenvalue weighted by atomic mass is 15.0. The van der Waals surface area contributed by atoms with Crippen molar-refractivity contribution in [2.75, 3.05) is 0 Å². The van der Waals surface area contributed by atoms with Crippen LogP contribution in [-0.4, -0.2) is 9.13 Å². The average molecular weight is 635 g/mol. The summed E-state index contributed by atoms with van der Waals surface area (Å²) < 4.78 is 4.88. The van der Waals surface area contributed by atoms with Crippen molar-refractivity contribution in [2.45, 2.75) is 0 Å². The van der Waals surface area contributed by atoms with Crippen molar-refractivity contribution in [2.24, 2.45) is 0 Å². The minimum Gasteiger partial charge on any atom is -0.309 e. The Labute approximate surface area is 288 Å². The van der Waals surface area contributed by atoms with E-state index in [0.29, 0.717) is 0 Å². The molecule has 0 N–H and O–H groups in total. The predicted octanol–water partition coefficient (Wildman–Crippen LogP) is 13.0. The third-order valence-electron chi connectivity index (χ3n) is 10.7. The van der Waals surface area contributed by atoms with E-state index in [0.717, 1.165) is 0 Å². The van der Waals surface area contributed by atoms with Gasteiger partial charge in [-0.15, -0.1) is 0 Å². The minimum absolute atomic E-state index is 1.17. The van der Waals surface area contributed by atoms with Gasteiger partial charge in [0, 0.05) is 32.6 Å². The SMILES string of the molecule is c1ccc(-n2c3ccccc3c3ccc(-c4ccc5c(c4)c4ccccc4n5-c4cc5c6ccccc6ccc5c5ccccc45)cc32)cc1. The molecule has 232 valence electrons. The maximum absolute atomic E-state index is 2.48. The van der Waals surface area contributed by atoms with Crippen LogP contribution in [-0.2, 0) is 0 Å². The van der Waals surface area contributed by atoms with E-state index in [2.05, 4.69) is 191 Å². The maximum Gasteiger partial charge on any atom is 0.0547 e. The Bertz CT molecular complexity index is 3140. The number of hydrogen-bond acceptors (Lipinski definition) is 0. The van der Waals surface area contributed by atoms with Gasteiger partial charge in [-0.05, 0) is 86.6 Å². The van der Waals surface area contributed by atoms with Gasteiger partial charge in [0.2, 0.25) is 0 Å². The van der Waals surface area contributed by atoms with Gasteiger partial charge >= 0.3 is 0 Å². The molecule has 0 aliphatic heterocycles. The molecule has 2 heteroatoms. The molecule has 0 aliphatic carbocycles. The molecule has 50 heavy (non-hydrogen) atoms. The second-order valence-electron chi connectivity index (χ2n) is 13.3. The fourth-order valence-electron chi connectivity index (χ4n) is 8.44. The van der Waals surface area contributed by atoms with Gasteiger partial charge in [-0.25, -0.2) is 0 Å². The monoisotopic (exact) mass is 634 g/mol. The molecule has 0 radical (unpaired) electrons. The van der Waals surface area contributed by atoms with Crippen molar-refractivity contribution in [3.63, 3.8) is 0 Å². The maximum atomic E-state index is 2.48. The molecule has 0 bridgehead atoms. The Kier molecular flexibility index (Phi) is 5.70. The van der Waals surface area contributed by atoms with Crippen LogP contribution >= 0.6 is 0 Å². The van der Waals surface area contributed by atoms with E-state index in [9.17, 15) is 0 Å². The van der Waals surface area contributed by atoms with Crippen LogP contribution in [0.2, 0.25) is 0 Å². The molecule has 0 spiro atoms. The van der Waals surface area contributed by atoms with Gasteiger partial charge in [0.15, 0.2) is 0 Å². The second-order valence-corrected chi connectivity index (χ2v) is 13.3. The molecule has 11 rings (SSSR count). The van der Waals surface area contributed by atoms with Crippen LogP contribution in [0.4, 0.5) is 0 Å². The van der Waals surface area contributed by atoms with E-state index in [4.69, 9.17) is 0 Å². The standard InChI is InChI=1S/C48H30N2/c1-2-13-34(14-3-1)49-44-20-10-8-18-39(44)41-26-23-33(29-47(41)49)32-24-27-46-43(28-32)40-19-9-11-21-45(40)50(46)48-30-42-35-15-5-4-12-31(35)22-25-37(42)36-16-6-7-17-38(36)48/h1-30H. The van der Waals surface area contributed by atoms with Gasteiger partial charge in [-0.3, -0.25) is 0 Å². The topological polar surface area (TPSA) is 9.86 Å². The lowest BCUT2D eigenvalue weighted by atomic mass is 9.95. The van der Waals surface area contributed by atoms with E-state index >= 15 is 0 Å². The zero-order valence-electron chi connectivity index (χ0n) is 27.2. The van der Waals surface area contributed by atoms with Crippen molar-refractivity contribution in [3.05, 3.63) is 182 Å². The predicted molar refractivity (Wildman–Crippen MR) is 213 cm³/mol. The number of fused-ring (bicyclic) bond motifs is 11. The first-order valence-corrected chi connectivity index (χ1v) is 17.3. The molecule has 0 unspecified atom stereocenters. The fourth-order valence-corrected chi connectivity index (χ4v) is 8.44. The van der Waals surface area contributed by atoms with Crippen molar-refractivity contribution < 1.29 is 0 Å². The van der Waals surface area contributed by atoms with E-state index in [-0.39, 0.29) is 0 Å². The first-order chi connectivity index (χ1) is 24.8. The van der Waals surface area contributed by atoms with Crippen molar-refractivity contribution >= 4 is 75.9 Å². The van der Waals surface area contributed by atoms with Gasteiger partial charge in [-0.1, -0.05) is 133 Å². The van der Waals surface area contributed by atoms with Crippen LogP contribution < -0.4 is 0 Å². The molecule has 0 saturated heterocycles. The number of benzene rings is 9. The van der Waals surface area contributed by atoms with Crippen molar-refractivity contribution in [3.8, 4) is 22.5 Å². The number of hydrogen-bond donors (Lipinski definition) is 0. The summed E-state index contributed by atoms with van der Waals surface area (Å²) in [5, 5.41) is 12.7. The highest BCUT2D eigenvalue weighted by Gasteiger charge is 2.18. The highest BCUT2D eigenvalue weighted by Crippen LogP contribution is 2.41. The van der Waals surface area contributed by atoms with Gasteiger partial charge < -0.3 is 9.13 Å². The molecule has 0 atom stereocenters. The Morgan fingerprint density at radius 3 is 1.62 bits per heavy atom. The summed E-state index contributed by atoms with van der Waals surface area (Å²) >= 11 is 0. The fraction of sp³-hybridized carbons (Fsp3) is 0. The number of nitrogens with zero attached hydrogens (tertiary/aromatic N) is 2.